The van der Waals surface area contributed by atoms with Crippen molar-refractivity contribution in [3.05, 3.63) is 39.7 Å². The van der Waals surface area contributed by atoms with Crippen LogP contribution in [0.25, 0.3) is 0 Å². The largest absolute Gasteiger partial charge is 0.394 e. The SMILES string of the molecule is O=C1C=CN=CC1.O=c1ccn([C@@H]2O[C@H](CO)[C@@H](O)[C@H]2O)c(=S)[nH]1. The van der Waals surface area contributed by atoms with Gasteiger partial charge in [-0.3, -0.25) is 24.1 Å². The standard InChI is InChI=1S/C9H12N2O5S.C5H5NO/c12-3-4-6(14)7(15)8(16-4)11-2-1-5(13)10-9(11)17;7-5-1-3-6-4-2-5/h1-2,4,6-8,12,14-15H,3H2,(H,10,13,17);1,3-4H,2H2/t4-,6-,7-,8-;/m1./s1. The molecule has 0 bridgehead atoms. The summed E-state index contributed by atoms with van der Waals surface area (Å²) in [7, 11) is 0. The van der Waals surface area contributed by atoms with Crippen LogP contribution in [0.5, 0.6) is 0 Å². The van der Waals surface area contributed by atoms with E-state index in [1.165, 1.54) is 29.1 Å². The quantitative estimate of drug-likeness (QED) is 0.503. The Bertz CT molecular complexity index is 755. The minimum Gasteiger partial charge on any atom is -0.394 e. The molecule has 3 heterocycles. The van der Waals surface area contributed by atoms with E-state index < -0.39 is 31.1 Å². The Balaban J connectivity index is 0.000000249. The van der Waals surface area contributed by atoms with Crippen molar-refractivity contribution in [2.45, 2.75) is 31.0 Å². The lowest BCUT2D eigenvalue weighted by Gasteiger charge is -2.17. The van der Waals surface area contributed by atoms with Crippen molar-refractivity contribution >= 4 is 24.2 Å². The molecule has 4 atom stereocenters. The highest BCUT2D eigenvalue weighted by molar-refractivity contribution is 7.71. The molecule has 2 aliphatic heterocycles. The summed E-state index contributed by atoms with van der Waals surface area (Å²) in [6.07, 6.45) is 2.20. The van der Waals surface area contributed by atoms with Crippen LogP contribution in [0.4, 0.5) is 0 Å². The minimum absolute atomic E-state index is 0.0762. The predicted octanol–water partition coefficient (Wildman–Crippen LogP) is -0.939. The summed E-state index contributed by atoms with van der Waals surface area (Å²) in [5.41, 5.74) is -0.363. The molecule has 0 amide bonds. The van der Waals surface area contributed by atoms with Crippen molar-refractivity contribution in [3.8, 4) is 0 Å². The van der Waals surface area contributed by atoms with Crippen LogP contribution in [0.15, 0.2) is 34.3 Å². The average Bonchev–Trinajstić information content (AvgIpc) is 2.84. The Hall–Kier alpha value is -1.98. The van der Waals surface area contributed by atoms with Crippen molar-refractivity contribution in [2.75, 3.05) is 6.61 Å². The van der Waals surface area contributed by atoms with Crippen molar-refractivity contribution in [1.29, 1.82) is 0 Å². The van der Waals surface area contributed by atoms with Crippen molar-refractivity contribution in [3.63, 3.8) is 0 Å². The van der Waals surface area contributed by atoms with E-state index in [1.807, 2.05) is 0 Å². The third-order valence-electron chi connectivity index (χ3n) is 3.39. The number of ketones is 1. The molecular formula is C14H17N3O6S. The molecule has 2 aliphatic rings. The van der Waals surface area contributed by atoms with Gasteiger partial charge in [-0.25, -0.2) is 0 Å². The molecule has 0 saturated carbocycles. The highest BCUT2D eigenvalue weighted by Crippen LogP contribution is 2.28. The first-order chi connectivity index (χ1) is 11.4. The van der Waals surface area contributed by atoms with Gasteiger partial charge in [-0.2, -0.15) is 0 Å². The number of nitrogens with one attached hydrogen (secondary N) is 1. The third-order valence-corrected chi connectivity index (χ3v) is 3.70. The Labute approximate surface area is 141 Å². The normalized spacial score (nSPS) is 28.5. The molecule has 0 unspecified atom stereocenters. The number of aromatic amines is 1. The molecule has 0 aromatic carbocycles. The van der Waals surface area contributed by atoms with Crippen molar-refractivity contribution in [1.82, 2.24) is 9.55 Å². The molecule has 0 radical (unpaired) electrons. The van der Waals surface area contributed by atoms with Gasteiger partial charge >= 0.3 is 0 Å². The number of aromatic nitrogens is 2. The Morgan fingerprint density at radius 3 is 2.58 bits per heavy atom. The Morgan fingerprint density at radius 1 is 1.38 bits per heavy atom. The maximum Gasteiger partial charge on any atom is 0.251 e. The second kappa shape index (κ2) is 8.22. The first-order valence-corrected chi connectivity index (χ1v) is 7.50. The Kier molecular flexibility index (Phi) is 6.29. The zero-order chi connectivity index (χ0) is 17.7. The van der Waals surface area contributed by atoms with Gasteiger partial charge in [0, 0.05) is 31.1 Å². The molecule has 3 rings (SSSR count). The van der Waals surface area contributed by atoms with Gasteiger partial charge in [0.05, 0.1) is 6.61 Å². The van der Waals surface area contributed by atoms with Gasteiger partial charge in [0.1, 0.15) is 18.3 Å². The summed E-state index contributed by atoms with van der Waals surface area (Å²) < 4.78 is 6.66. The number of carbonyl (C=O) groups is 1. The average molecular weight is 355 g/mol. The molecule has 1 aromatic rings. The van der Waals surface area contributed by atoms with E-state index in [0.717, 1.165) is 0 Å². The van der Waals surface area contributed by atoms with Gasteiger partial charge in [0.25, 0.3) is 5.56 Å². The van der Waals surface area contributed by atoms with Crippen LogP contribution in [-0.4, -0.2) is 61.8 Å². The number of aliphatic hydroxyl groups is 3. The summed E-state index contributed by atoms with van der Waals surface area (Å²) in [5.74, 6) is 0.134. The molecule has 1 aromatic heterocycles. The molecule has 0 aliphatic carbocycles. The topological polar surface area (TPSA) is 137 Å². The van der Waals surface area contributed by atoms with Crippen LogP contribution in [0.3, 0.4) is 0 Å². The molecule has 9 nitrogen and oxygen atoms in total. The maximum atomic E-state index is 11.0. The number of carbonyl (C=O) groups excluding carboxylic acids is 1. The van der Waals surface area contributed by atoms with Gasteiger partial charge < -0.3 is 20.1 Å². The highest BCUT2D eigenvalue weighted by atomic mass is 32.1. The second-order valence-electron chi connectivity index (χ2n) is 5.06. The van der Waals surface area contributed by atoms with Crippen molar-refractivity contribution in [2.24, 2.45) is 4.99 Å². The molecule has 1 saturated heterocycles. The van der Waals surface area contributed by atoms with E-state index in [-0.39, 0.29) is 16.1 Å². The summed E-state index contributed by atoms with van der Waals surface area (Å²) in [6, 6.07) is 1.23. The van der Waals surface area contributed by atoms with Gasteiger partial charge in [0.2, 0.25) is 0 Å². The fourth-order valence-electron chi connectivity index (χ4n) is 2.14. The minimum atomic E-state index is -1.22. The van der Waals surface area contributed by atoms with Crippen LogP contribution >= 0.6 is 12.2 Å². The number of H-pyrrole nitrogens is 1. The van der Waals surface area contributed by atoms with E-state index in [1.54, 1.807) is 6.21 Å². The number of nitrogens with zero attached hydrogens (tertiary/aromatic N) is 2. The number of aliphatic imine (C=N–C) groups is 1. The third kappa shape index (κ3) is 4.30. The zero-order valence-electron chi connectivity index (χ0n) is 12.5. The molecule has 4 N–H and O–H groups in total. The Morgan fingerprint density at radius 2 is 2.12 bits per heavy atom. The van der Waals surface area contributed by atoms with E-state index in [9.17, 15) is 19.8 Å². The molecular weight excluding hydrogens is 338 g/mol. The molecule has 1 fully saturated rings. The summed E-state index contributed by atoms with van der Waals surface area (Å²) in [5, 5.41) is 28.3. The lowest BCUT2D eigenvalue weighted by molar-refractivity contribution is -0.113. The number of hydrogen-bond acceptors (Lipinski definition) is 8. The summed E-state index contributed by atoms with van der Waals surface area (Å²) in [4.78, 5) is 27.4. The van der Waals surface area contributed by atoms with Gasteiger partial charge in [0.15, 0.2) is 16.8 Å². The number of allylic oxidation sites excluding steroid dienone is 1. The zero-order valence-corrected chi connectivity index (χ0v) is 13.3. The van der Waals surface area contributed by atoms with E-state index in [0.29, 0.717) is 6.42 Å². The summed E-state index contributed by atoms with van der Waals surface area (Å²) >= 11 is 4.91. The predicted molar refractivity (Wildman–Crippen MR) is 86.2 cm³/mol. The van der Waals surface area contributed by atoms with Crippen LogP contribution in [0, 0.1) is 4.77 Å². The van der Waals surface area contributed by atoms with Crippen LogP contribution in [0.2, 0.25) is 0 Å². The first-order valence-electron chi connectivity index (χ1n) is 7.09. The lowest BCUT2D eigenvalue weighted by atomic mass is 10.1. The fraction of sp³-hybridized carbons (Fsp3) is 0.429. The molecule has 0 spiro atoms. The monoisotopic (exact) mass is 355 g/mol. The van der Waals surface area contributed by atoms with Crippen LogP contribution in [0.1, 0.15) is 12.6 Å². The van der Waals surface area contributed by atoms with E-state index in [4.69, 9.17) is 22.1 Å². The van der Waals surface area contributed by atoms with Crippen molar-refractivity contribution < 1.29 is 24.9 Å². The number of aliphatic hydroxyl groups excluding tert-OH is 3. The first kappa shape index (κ1) is 18.4. The number of rotatable bonds is 2. The van der Waals surface area contributed by atoms with Gasteiger partial charge in [-0.1, -0.05) is 0 Å². The van der Waals surface area contributed by atoms with Gasteiger partial charge in [-0.05, 0) is 18.3 Å². The number of ether oxygens (including phenoxy) is 1. The summed E-state index contributed by atoms with van der Waals surface area (Å²) in [6.45, 7) is -0.411. The van der Waals surface area contributed by atoms with Crippen LogP contribution < -0.4 is 5.56 Å². The van der Waals surface area contributed by atoms with E-state index >= 15 is 0 Å². The molecule has 130 valence electrons. The van der Waals surface area contributed by atoms with Crippen LogP contribution in [-0.2, 0) is 9.53 Å². The molecule has 10 heteroatoms. The maximum absolute atomic E-state index is 11.0. The number of hydrogen-bond donors (Lipinski definition) is 4. The second-order valence-corrected chi connectivity index (χ2v) is 5.45. The van der Waals surface area contributed by atoms with Gasteiger partial charge in [-0.15, -0.1) is 0 Å². The molecule has 24 heavy (non-hydrogen) atoms. The highest BCUT2D eigenvalue weighted by Gasteiger charge is 2.43. The van der Waals surface area contributed by atoms with E-state index in [2.05, 4.69) is 9.98 Å². The smallest absolute Gasteiger partial charge is 0.251 e. The lowest BCUT2D eigenvalue weighted by Crippen LogP contribution is -2.33. The fourth-order valence-corrected chi connectivity index (χ4v) is 2.40.